The zero-order chi connectivity index (χ0) is 14.7. The van der Waals surface area contributed by atoms with E-state index in [0.29, 0.717) is 24.2 Å². The van der Waals surface area contributed by atoms with Crippen LogP contribution in [0.15, 0.2) is 30.3 Å². The molecule has 0 atom stereocenters. The fourth-order valence-electron chi connectivity index (χ4n) is 1.87. The zero-order valence-corrected chi connectivity index (χ0v) is 10.8. The van der Waals surface area contributed by atoms with Crippen LogP contribution in [0.3, 0.4) is 0 Å². The monoisotopic (exact) mass is 283 g/mol. The van der Waals surface area contributed by atoms with Gasteiger partial charge in [0.1, 0.15) is 5.82 Å². The Morgan fingerprint density at radius 3 is 2.10 bits per heavy atom. The van der Waals surface area contributed by atoms with Gasteiger partial charge in [0, 0.05) is 12.1 Å². The van der Waals surface area contributed by atoms with Crippen LogP contribution in [0.2, 0.25) is 0 Å². The first-order valence-corrected chi connectivity index (χ1v) is 6.17. The molecule has 0 heterocycles. The van der Waals surface area contributed by atoms with Crippen LogP contribution in [0.1, 0.15) is 12.5 Å². The summed E-state index contributed by atoms with van der Waals surface area (Å²) in [6.45, 7) is 2.86. The van der Waals surface area contributed by atoms with Crippen molar-refractivity contribution in [1.82, 2.24) is 5.32 Å². The minimum absolute atomic E-state index is 0.166. The molecule has 2 aromatic carbocycles. The number of hydrogen-bond donors (Lipinski definition) is 1. The van der Waals surface area contributed by atoms with Gasteiger partial charge in [0.2, 0.25) is 0 Å². The second kappa shape index (κ2) is 6.05. The molecule has 0 fully saturated rings. The highest BCUT2D eigenvalue weighted by molar-refractivity contribution is 5.64. The third-order valence-corrected chi connectivity index (χ3v) is 2.93. The van der Waals surface area contributed by atoms with Gasteiger partial charge in [-0.1, -0.05) is 13.0 Å². The lowest BCUT2D eigenvalue weighted by atomic mass is 10.0. The van der Waals surface area contributed by atoms with Gasteiger partial charge in [-0.05, 0) is 41.9 Å². The third kappa shape index (κ3) is 2.99. The summed E-state index contributed by atoms with van der Waals surface area (Å²) in [5, 5.41) is 2.97. The average Bonchev–Trinajstić information content (AvgIpc) is 2.43. The molecule has 0 saturated heterocycles. The predicted octanol–water partition coefficient (Wildman–Crippen LogP) is 4.02. The van der Waals surface area contributed by atoms with Gasteiger partial charge in [0.05, 0.1) is 0 Å². The average molecular weight is 283 g/mol. The molecule has 0 aliphatic heterocycles. The van der Waals surface area contributed by atoms with Gasteiger partial charge in [0.25, 0.3) is 0 Å². The van der Waals surface area contributed by atoms with E-state index in [0.717, 1.165) is 12.1 Å². The first kappa shape index (κ1) is 14.5. The fraction of sp³-hybridized carbons (Fsp3) is 0.200. The molecule has 20 heavy (non-hydrogen) atoms. The van der Waals surface area contributed by atoms with E-state index in [1.54, 1.807) is 0 Å². The van der Waals surface area contributed by atoms with Crippen molar-refractivity contribution in [3.8, 4) is 11.1 Å². The minimum atomic E-state index is -1.51. The van der Waals surface area contributed by atoms with Crippen molar-refractivity contribution in [2.45, 2.75) is 13.5 Å². The molecule has 0 bridgehead atoms. The van der Waals surface area contributed by atoms with Gasteiger partial charge in [-0.25, -0.2) is 17.6 Å². The molecule has 0 saturated carbocycles. The summed E-state index contributed by atoms with van der Waals surface area (Å²) >= 11 is 0. The van der Waals surface area contributed by atoms with Crippen LogP contribution in [0.5, 0.6) is 0 Å². The van der Waals surface area contributed by atoms with Crippen LogP contribution in [0.4, 0.5) is 17.6 Å². The third-order valence-electron chi connectivity index (χ3n) is 2.93. The van der Waals surface area contributed by atoms with E-state index in [1.165, 1.54) is 18.2 Å². The van der Waals surface area contributed by atoms with Crippen LogP contribution >= 0.6 is 0 Å². The van der Waals surface area contributed by atoms with E-state index >= 15 is 0 Å². The molecule has 0 unspecified atom stereocenters. The van der Waals surface area contributed by atoms with Crippen LogP contribution < -0.4 is 5.32 Å². The summed E-state index contributed by atoms with van der Waals surface area (Å²) in [5.74, 6) is -4.45. The minimum Gasteiger partial charge on any atom is -0.313 e. The number of halogens is 4. The van der Waals surface area contributed by atoms with E-state index in [2.05, 4.69) is 5.32 Å². The summed E-state index contributed by atoms with van der Waals surface area (Å²) in [5.41, 5.74) is 0.978. The molecule has 0 aromatic heterocycles. The highest BCUT2D eigenvalue weighted by Gasteiger charge is 2.12. The number of rotatable bonds is 4. The van der Waals surface area contributed by atoms with Gasteiger partial charge in [-0.15, -0.1) is 0 Å². The highest BCUT2D eigenvalue weighted by atomic mass is 19.2. The first-order valence-electron chi connectivity index (χ1n) is 6.17. The maximum absolute atomic E-state index is 13.6. The molecule has 0 amide bonds. The Morgan fingerprint density at radius 1 is 0.850 bits per heavy atom. The Balaban J connectivity index is 2.42. The van der Waals surface area contributed by atoms with Gasteiger partial charge in [-0.2, -0.15) is 0 Å². The van der Waals surface area contributed by atoms with Crippen molar-refractivity contribution in [1.29, 1.82) is 0 Å². The zero-order valence-electron chi connectivity index (χ0n) is 10.8. The molecule has 2 aromatic rings. The standard InChI is InChI=1S/C15H13F4N/c1-2-20-8-11-5-9(3-4-12(11)16)10-6-13(17)15(19)14(18)7-10/h3-7,20H,2,8H2,1H3. The van der Waals surface area contributed by atoms with E-state index in [4.69, 9.17) is 0 Å². The molecule has 5 heteroatoms. The molecule has 1 N–H and O–H groups in total. The fourth-order valence-corrected chi connectivity index (χ4v) is 1.87. The van der Waals surface area contributed by atoms with Gasteiger partial charge in [0.15, 0.2) is 17.5 Å². The van der Waals surface area contributed by atoms with Gasteiger partial charge in [-0.3, -0.25) is 0 Å². The second-order valence-electron chi connectivity index (χ2n) is 4.34. The Bertz CT molecular complexity index is 602. The Hall–Kier alpha value is -1.88. The van der Waals surface area contributed by atoms with Crippen molar-refractivity contribution in [2.75, 3.05) is 6.54 Å². The molecule has 0 radical (unpaired) electrons. The summed E-state index contributed by atoms with van der Waals surface area (Å²) < 4.78 is 52.9. The smallest absolute Gasteiger partial charge is 0.194 e. The second-order valence-corrected chi connectivity index (χ2v) is 4.34. The van der Waals surface area contributed by atoms with Gasteiger partial charge >= 0.3 is 0 Å². The lowest BCUT2D eigenvalue weighted by molar-refractivity contribution is 0.447. The topological polar surface area (TPSA) is 12.0 Å². The van der Waals surface area contributed by atoms with Crippen LogP contribution in [0, 0.1) is 23.3 Å². The van der Waals surface area contributed by atoms with E-state index < -0.39 is 23.3 Å². The maximum atomic E-state index is 13.6. The molecule has 0 aliphatic carbocycles. The van der Waals surface area contributed by atoms with Gasteiger partial charge < -0.3 is 5.32 Å². The van der Waals surface area contributed by atoms with Crippen LogP contribution in [-0.2, 0) is 6.54 Å². The molecule has 2 rings (SSSR count). The van der Waals surface area contributed by atoms with Crippen molar-refractivity contribution in [2.24, 2.45) is 0 Å². The molecule has 1 nitrogen and oxygen atoms in total. The summed E-state index contributed by atoms with van der Waals surface area (Å²) in [7, 11) is 0. The summed E-state index contributed by atoms with van der Waals surface area (Å²) in [6.07, 6.45) is 0. The highest BCUT2D eigenvalue weighted by Crippen LogP contribution is 2.25. The molecule has 0 spiro atoms. The maximum Gasteiger partial charge on any atom is 0.194 e. The first-order chi connectivity index (χ1) is 9.52. The van der Waals surface area contributed by atoms with E-state index in [1.807, 2.05) is 6.92 Å². The lowest BCUT2D eigenvalue weighted by Crippen LogP contribution is -2.13. The quantitative estimate of drug-likeness (QED) is 0.660. The SMILES string of the molecule is CCNCc1cc(-c2cc(F)c(F)c(F)c2)ccc1F. The van der Waals surface area contributed by atoms with Crippen molar-refractivity contribution in [3.63, 3.8) is 0 Å². The summed E-state index contributed by atoms with van der Waals surface area (Å²) in [4.78, 5) is 0. The van der Waals surface area contributed by atoms with Crippen LogP contribution in [-0.4, -0.2) is 6.54 Å². The van der Waals surface area contributed by atoms with Crippen molar-refractivity contribution < 1.29 is 17.6 Å². The lowest BCUT2D eigenvalue weighted by Gasteiger charge is -2.08. The Labute approximate surface area is 114 Å². The van der Waals surface area contributed by atoms with Crippen molar-refractivity contribution in [3.05, 3.63) is 59.2 Å². The molecular formula is C15H13F4N. The molecular weight excluding hydrogens is 270 g/mol. The molecule has 106 valence electrons. The Morgan fingerprint density at radius 2 is 1.50 bits per heavy atom. The summed E-state index contributed by atoms with van der Waals surface area (Å²) in [6, 6.07) is 5.90. The van der Waals surface area contributed by atoms with Crippen LogP contribution in [0.25, 0.3) is 11.1 Å². The molecule has 0 aliphatic rings. The Kier molecular flexibility index (Phi) is 4.39. The number of hydrogen-bond acceptors (Lipinski definition) is 1. The number of benzene rings is 2. The predicted molar refractivity (Wildman–Crippen MR) is 69.1 cm³/mol. The number of nitrogens with one attached hydrogen (secondary N) is 1. The largest absolute Gasteiger partial charge is 0.313 e. The van der Waals surface area contributed by atoms with E-state index in [9.17, 15) is 17.6 Å². The normalized spacial score (nSPS) is 10.8. The van der Waals surface area contributed by atoms with Crippen molar-refractivity contribution >= 4 is 0 Å². The van der Waals surface area contributed by atoms with E-state index in [-0.39, 0.29) is 5.56 Å².